The topological polar surface area (TPSA) is 60.3 Å². The smallest absolute Gasteiger partial charge is 0.258 e. The molecule has 5 heteroatoms. The van der Waals surface area contributed by atoms with Gasteiger partial charge < -0.3 is 14.6 Å². The van der Waals surface area contributed by atoms with Crippen molar-refractivity contribution in [3.8, 4) is 0 Å². The van der Waals surface area contributed by atoms with E-state index in [2.05, 4.69) is 5.32 Å². The maximum atomic E-state index is 12.8. The summed E-state index contributed by atoms with van der Waals surface area (Å²) in [5.41, 5.74) is 1.09. The van der Waals surface area contributed by atoms with Crippen molar-refractivity contribution < 1.29 is 9.53 Å². The molecule has 0 saturated carbocycles. The summed E-state index contributed by atoms with van der Waals surface area (Å²) in [6.07, 6.45) is 1.73. The number of hydrogen-bond acceptors (Lipinski definition) is 3. The summed E-state index contributed by atoms with van der Waals surface area (Å²) >= 11 is 0. The Morgan fingerprint density at radius 2 is 1.79 bits per heavy atom. The molecule has 0 aliphatic carbocycles. The number of anilines is 1. The van der Waals surface area contributed by atoms with Crippen LogP contribution in [0.3, 0.4) is 0 Å². The summed E-state index contributed by atoms with van der Waals surface area (Å²) in [4.78, 5) is 25.5. The van der Waals surface area contributed by atoms with Crippen LogP contribution in [-0.2, 0) is 11.3 Å². The van der Waals surface area contributed by atoms with Crippen LogP contribution in [0.1, 0.15) is 10.4 Å². The first-order valence-electron chi connectivity index (χ1n) is 9.08. The first kappa shape index (κ1) is 17.9. The van der Waals surface area contributed by atoms with Gasteiger partial charge in [0.15, 0.2) is 0 Å². The molecule has 0 atom stereocenters. The van der Waals surface area contributed by atoms with E-state index in [4.69, 9.17) is 4.74 Å². The quantitative estimate of drug-likeness (QED) is 0.575. The highest BCUT2D eigenvalue weighted by Crippen LogP contribution is 2.22. The monoisotopic (exact) mass is 372 g/mol. The SMILES string of the molecule is COCCn1ccc2c(NC(=O)c3ccc4ccccc4c3)cccc2c1=O. The van der Waals surface area contributed by atoms with Gasteiger partial charge in [-0.15, -0.1) is 0 Å². The molecular weight excluding hydrogens is 352 g/mol. The van der Waals surface area contributed by atoms with Crippen molar-refractivity contribution in [3.05, 3.63) is 88.8 Å². The fourth-order valence-corrected chi connectivity index (χ4v) is 3.32. The van der Waals surface area contributed by atoms with E-state index in [0.717, 1.165) is 16.2 Å². The van der Waals surface area contributed by atoms with Crippen molar-refractivity contribution in [1.29, 1.82) is 0 Å². The molecule has 0 fully saturated rings. The second-order valence-electron chi connectivity index (χ2n) is 6.59. The van der Waals surface area contributed by atoms with Gasteiger partial charge in [-0.05, 0) is 41.1 Å². The number of hydrogen-bond donors (Lipinski definition) is 1. The molecule has 0 aliphatic heterocycles. The average molecular weight is 372 g/mol. The van der Waals surface area contributed by atoms with Crippen LogP contribution in [0.15, 0.2) is 77.7 Å². The molecule has 1 N–H and O–H groups in total. The minimum Gasteiger partial charge on any atom is -0.383 e. The van der Waals surface area contributed by atoms with Gasteiger partial charge in [0.1, 0.15) is 0 Å². The summed E-state index contributed by atoms with van der Waals surface area (Å²) in [7, 11) is 1.60. The van der Waals surface area contributed by atoms with Gasteiger partial charge in [0.25, 0.3) is 11.5 Å². The Kier molecular flexibility index (Phi) is 4.91. The Labute approximate surface area is 162 Å². The lowest BCUT2D eigenvalue weighted by molar-refractivity contribution is 0.102. The van der Waals surface area contributed by atoms with Crippen LogP contribution in [0.4, 0.5) is 5.69 Å². The third kappa shape index (κ3) is 3.40. The fraction of sp³-hybridized carbons (Fsp3) is 0.130. The van der Waals surface area contributed by atoms with E-state index in [-0.39, 0.29) is 11.5 Å². The Hall–Kier alpha value is -3.44. The number of amides is 1. The number of pyridine rings is 1. The standard InChI is InChI=1S/C23H20N2O3/c1-28-14-13-25-12-11-19-20(23(25)27)7-4-8-21(19)24-22(26)18-10-9-16-5-2-3-6-17(16)15-18/h2-12,15H,13-14H2,1H3,(H,24,26). The first-order valence-corrected chi connectivity index (χ1v) is 9.08. The van der Waals surface area contributed by atoms with E-state index < -0.39 is 0 Å². The zero-order valence-electron chi connectivity index (χ0n) is 15.5. The number of nitrogens with one attached hydrogen (secondary N) is 1. The molecule has 3 aromatic carbocycles. The van der Waals surface area contributed by atoms with Crippen molar-refractivity contribution in [2.45, 2.75) is 6.54 Å². The maximum Gasteiger partial charge on any atom is 0.258 e. The van der Waals surface area contributed by atoms with Gasteiger partial charge in [-0.3, -0.25) is 9.59 Å². The summed E-state index contributed by atoms with van der Waals surface area (Å²) < 4.78 is 6.66. The molecule has 0 spiro atoms. The lowest BCUT2D eigenvalue weighted by Crippen LogP contribution is -2.22. The number of methoxy groups -OCH3 is 1. The van der Waals surface area contributed by atoms with Crippen LogP contribution in [0.5, 0.6) is 0 Å². The second-order valence-corrected chi connectivity index (χ2v) is 6.59. The van der Waals surface area contributed by atoms with Crippen LogP contribution in [0.2, 0.25) is 0 Å². The second kappa shape index (κ2) is 7.66. The molecule has 28 heavy (non-hydrogen) atoms. The first-order chi connectivity index (χ1) is 13.7. The van der Waals surface area contributed by atoms with Crippen LogP contribution < -0.4 is 10.9 Å². The molecule has 5 nitrogen and oxygen atoms in total. The minimum absolute atomic E-state index is 0.101. The number of benzene rings is 3. The highest BCUT2D eigenvalue weighted by molar-refractivity contribution is 6.10. The van der Waals surface area contributed by atoms with Crippen molar-refractivity contribution >= 4 is 33.1 Å². The lowest BCUT2D eigenvalue weighted by Gasteiger charge is -2.11. The number of fused-ring (bicyclic) bond motifs is 2. The molecule has 0 radical (unpaired) electrons. The zero-order valence-corrected chi connectivity index (χ0v) is 15.5. The molecule has 4 rings (SSSR count). The highest BCUT2D eigenvalue weighted by Gasteiger charge is 2.11. The molecule has 140 valence electrons. The van der Waals surface area contributed by atoms with E-state index in [9.17, 15) is 9.59 Å². The van der Waals surface area contributed by atoms with Crippen molar-refractivity contribution in [3.63, 3.8) is 0 Å². The summed E-state index contributed by atoms with van der Waals surface area (Å²) in [5, 5.41) is 6.32. The summed E-state index contributed by atoms with van der Waals surface area (Å²) in [6.45, 7) is 0.947. The molecule has 4 aromatic rings. The van der Waals surface area contributed by atoms with Crippen LogP contribution >= 0.6 is 0 Å². The molecule has 0 saturated heterocycles. The minimum atomic E-state index is -0.207. The number of carbonyl (C=O) groups is 1. The van der Waals surface area contributed by atoms with Gasteiger partial charge in [-0.25, -0.2) is 0 Å². The van der Waals surface area contributed by atoms with E-state index >= 15 is 0 Å². The number of nitrogens with zero attached hydrogens (tertiary/aromatic N) is 1. The van der Waals surface area contributed by atoms with E-state index in [1.165, 1.54) is 0 Å². The van der Waals surface area contributed by atoms with Gasteiger partial charge in [0, 0.05) is 41.9 Å². The van der Waals surface area contributed by atoms with Crippen molar-refractivity contribution in [1.82, 2.24) is 4.57 Å². The molecular formula is C23H20N2O3. The Balaban J connectivity index is 1.67. The number of aromatic nitrogens is 1. The molecule has 0 bridgehead atoms. The maximum absolute atomic E-state index is 12.8. The molecule has 0 unspecified atom stereocenters. The van der Waals surface area contributed by atoms with Crippen LogP contribution in [-0.4, -0.2) is 24.2 Å². The zero-order chi connectivity index (χ0) is 19.5. The number of carbonyl (C=O) groups excluding carboxylic acids is 1. The van der Waals surface area contributed by atoms with Gasteiger partial charge in [-0.2, -0.15) is 0 Å². The van der Waals surface area contributed by atoms with Gasteiger partial charge in [0.05, 0.1) is 6.61 Å². The Bertz CT molecular complexity index is 1230. The third-order valence-corrected chi connectivity index (χ3v) is 4.81. The van der Waals surface area contributed by atoms with E-state index in [1.807, 2.05) is 42.5 Å². The summed E-state index contributed by atoms with van der Waals surface area (Å²) in [5.74, 6) is -0.207. The predicted molar refractivity (Wildman–Crippen MR) is 112 cm³/mol. The van der Waals surface area contributed by atoms with Gasteiger partial charge >= 0.3 is 0 Å². The largest absolute Gasteiger partial charge is 0.383 e. The third-order valence-electron chi connectivity index (χ3n) is 4.81. The van der Waals surface area contributed by atoms with E-state index in [1.54, 1.807) is 42.1 Å². The Morgan fingerprint density at radius 1 is 0.964 bits per heavy atom. The number of ether oxygens (including phenoxy) is 1. The molecule has 1 heterocycles. The fourth-order valence-electron chi connectivity index (χ4n) is 3.32. The van der Waals surface area contributed by atoms with E-state index in [0.29, 0.717) is 29.8 Å². The van der Waals surface area contributed by atoms with Crippen molar-refractivity contribution in [2.75, 3.05) is 19.0 Å². The number of rotatable bonds is 5. The van der Waals surface area contributed by atoms with Gasteiger partial charge in [-0.1, -0.05) is 36.4 Å². The average Bonchev–Trinajstić information content (AvgIpc) is 2.73. The molecule has 1 aromatic heterocycles. The van der Waals surface area contributed by atoms with Gasteiger partial charge in [0.2, 0.25) is 0 Å². The Morgan fingerprint density at radius 3 is 2.61 bits per heavy atom. The molecule has 0 aliphatic rings. The van der Waals surface area contributed by atoms with Crippen LogP contribution in [0, 0.1) is 0 Å². The molecule has 1 amide bonds. The lowest BCUT2D eigenvalue weighted by atomic mass is 10.1. The van der Waals surface area contributed by atoms with Crippen LogP contribution in [0.25, 0.3) is 21.5 Å². The van der Waals surface area contributed by atoms with Crippen molar-refractivity contribution in [2.24, 2.45) is 0 Å². The predicted octanol–water partition coefficient (Wildman–Crippen LogP) is 4.05. The highest BCUT2D eigenvalue weighted by atomic mass is 16.5. The summed E-state index contributed by atoms with van der Waals surface area (Å²) in [6, 6.07) is 20.7. The normalized spacial score (nSPS) is 11.0.